The Morgan fingerprint density at radius 3 is 2.59 bits per heavy atom. The van der Waals surface area contributed by atoms with Crippen LogP contribution < -0.4 is 5.32 Å². The van der Waals surface area contributed by atoms with Crippen LogP contribution in [0.5, 0.6) is 0 Å². The fourth-order valence-electron chi connectivity index (χ4n) is 2.63. The Balaban J connectivity index is 1.88. The van der Waals surface area contributed by atoms with Gasteiger partial charge in [-0.2, -0.15) is 0 Å². The summed E-state index contributed by atoms with van der Waals surface area (Å²) < 4.78 is 0. The molecule has 0 saturated carbocycles. The van der Waals surface area contributed by atoms with E-state index in [1.807, 2.05) is 11.9 Å². The Morgan fingerprint density at radius 2 is 2.06 bits per heavy atom. The molecule has 2 aliphatic heterocycles. The van der Waals surface area contributed by atoms with Gasteiger partial charge in [0.25, 0.3) is 0 Å². The van der Waals surface area contributed by atoms with Crippen LogP contribution >= 0.6 is 0 Å². The largest absolute Gasteiger partial charge is 0.355 e. The summed E-state index contributed by atoms with van der Waals surface area (Å²) in [6, 6.07) is 0.342. The van der Waals surface area contributed by atoms with Crippen molar-refractivity contribution in [1.29, 1.82) is 0 Å². The number of likely N-dealkylation sites (tertiary alicyclic amines) is 1. The van der Waals surface area contributed by atoms with Gasteiger partial charge >= 0.3 is 0 Å². The summed E-state index contributed by atoms with van der Waals surface area (Å²) in [7, 11) is 3.98. The monoisotopic (exact) mass is 239 g/mol. The van der Waals surface area contributed by atoms with Gasteiger partial charge in [-0.05, 0) is 33.0 Å². The predicted octanol–water partition coefficient (Wildman–Crippen LogP) is -0.325. The van der Waals surface area contributed by atoms with Crippen LogP contribution in [0.25, 0.3) is 0 Å². The number of piperidine rings is 1. The number of hydrogen-bond donors (Lipinski definition) is 1. The Bertz CT molecular complexity index is 311. The summed E-state index contributed by atoms with van der Waals surface area (Å²) in [6.07, 6.45) is 2.43. The minimum absolute atomic E-state index is 0.000118. The zero-order valence-corrected chi connectivity index (χ0v) is 10.6. The minimum atomic E-state index is -0.146. The third kappa shape index (κ3) is 2.77. The van der Waals surface area contributed by atoms with E-state index >= 15 is 0 Å². The van der Waals surface area contributed by atoms with E-state index in [4.69, 9.17) is 0 Å². The molecule has 2 fully saturated rings. The molecule has 0 aliphatic carbocycles. The van der Waals surface area contributed by atoms with Crippen LogP contribution in [0.4, 0.5) is 0 Å². The third-order valence-electron chi connectivity index (χ3n) is 3.91. The second-order valence-corrected chi connectivity index (χ2v) is 5.19. The standard InChI is InChI=1S/C12H21N3O2/c1-14-5-3-10(4-6-14)15(2)12(17)9-7-11(16)13-8-9/h9-10H,3-8H2,1-2H3,(H,13,16). The SMILES string of the molecule is CN1CCC(N(C)C(=O)C2CNC(=O)C2)CC1. The molecule has 0 aromatic heterocycles. The fourth-order valence-corrected chi connectivity index (χ4v) is 2.63. The number of nitrogens with zero attached hydrogens (tertiary/aromatic N) is 2. The average Bonchev–Trinajstić information content (AvgIpc) is 2.75. The Hall–Kier alpha value is -1.10. The maximum Gasteiger partial charge on any atom is 0.227 e. The van der Waals surface area contributed by atoms with Gasteiger partial charge in [0.05, 0.1) is 5.92 Å². The van der Waals surface area contributed by atoms with Gasteiger partial charge in [0.15, 0.2) is 0 Å². The molecule has 2 heterocycles. The van der Waals surface area contributed by atoms with E-state index in [-0.39, 0.29) is 17.7 Å². The zero-order valence-electron chi connectivity index (χ0n) is 10.6. The summed E-state index contributed by atoms with van der Waals surface area (Å²) in [5.74, 6) is -0.0230. The lowest BCUT2D eigenvalue weighted by molar-refractivity contribution is -0.137. The van der Waals surface area contributed by atoms with E-state index in [2.05, 4.69) is 17.3 Å². The van der Waals surface area contributed by atoms with Crippen LogP contribution in [0.2, 0.25) is 0 Å². The molecule has 1 N–H and O–H groups in total. The molecule has 0 bridgehead atoms. The second-order valence-electron chi connectivity index (χ2n) is 5.19. The number of nitrogens with one attached hydrogen (secondary N) is 1. The molecular weight excluding hydrogens is 218 g/mol. The van der Waals surface area contributed by atoms with Crippen LogP contribution in [-0.4, -0.2) is 61.4 Å². The first-order valence-corrected chi connectivity index (χ1v) is 6.30. The highest BCUT2D eigenvalue weighted by molar-refractivity contribution is 5.89. The van der Waals surface area contributed by atoms with Gasteiger partial charge in [0.2, 0.25) is 11.8 Å². The molecule has 1 atom stereocenters. The highest BCUT2D eigenvalue weighted by Crippen LogP contribution is 2.19. The van der Waals surface area contributed by atoms with E-state index in [0.29, 0.717) is 19.0 Å². The lowest BCUT2D eigenvalue weighted by Gasteiger charge is -2.36. The highest BCUT2D eigenvalue weighted by atomic mass is 16.2. The van der Waals surface area contributed by atoms with Crippen LogP contribution in [0.15, 0.2) is 0 Å². The molecule has 96 valence electrons. The second kappa shape index (κ2) is 5.04. The number of rotatable bonds is 2. The third-order valence-corrected chi connectivity index (χ3v) is 3.91. The van der Waals surface area contributed by atoms with Gasteiger partial charge < -0.3 is 15.1 Å². The smallest absolute Gasteiger partial charge is 0.227 e. The van der Waals surface area contributed by atoms with Gasteiger partial charge in [0, 0.05) is 26.1 Å². The van der Waals surface area contributed by atoms with Crippen LogP contribution in [-0.2, 0) is 9.59 Å². The molecule has 0 radical (unpaired) electrons. The van der Waals surface area contributed by atoms with Crippen LogP contribution in [0.3, 0.4) is 0 Å². The lowest BCUT2D eigenvalue weighted by atomic mass is 10.0. The molecule has 2 saturated heterocycles. The number of amides is 2. The molecule has 0 aromatic rings. The molecule has 0 aromatic carbocycles. The first kappa shape index (κ1) is 12.4. The van der Waals surface area contributed by atoms with Gasteiger partial charge in [-0.1, -0.05) is 0 Å². The molecule has 17 heavy (non-hydrogen) atoms. The summed E-state index contributed by atoms with van der Waals surface area (Å²) in [5.41, 5.74) is 0. The molecule has 5 nitrogen and oxygen atoms in total. The van der Waals surface area contributed by atoms with Crippen LogP contribution in [0, 0.1) is 5.92 Å². The predicted molar refractivity (Wildman–Crippen MR) is 64.4 cm³/mol. The number of carbonyl (C=O) groups is 2. The van der Waals surface area contributed by atoms with E-state index in [1.165, 1.54) is 0 Å². The van der Waals surface area contributed by atoms with Gasteiger partial charge in [-0.25, -0.2) is 0 Å². The molecule has 0 spiro atoms. The van der Waals surface area contributed by atoms with Crippen molar-refractivity contribution in [3.8, 4) is 0 Å². The maximum absolute atomic E-state index is 12.2. The fraction of sp³-hybridized carbons (Fsp3) is 0.833. The average molecular weight is 239 g/mol. The van der Waals surface area contributed by atoms with Gasteiger partial charge in [-0.3, -0.25) is 9.59 Å². The van der Waals surface area contributed by atoms with Gasteiger partial charge in [-0.15, -0.1) is 0 Å². The van der Waals surface area contributed by atoms with Crippen molar-refractivity contribution < 1.29 is 9.59 Å². The molecular formula is C12H21N3O2. The van der Waals surface area contributed by atoms with Crippen molar-refractivity contribution >= 4 is 11.8 Å². The molecule has 5 heteroatoms. The summed E-state index contributed by atoms with van der Waals surface area (Å²) in [5, 5.41) is 2.72. The van der Waals surface area contributed by atoms with Crippen molar-refractivity contribution in [3.05, 3.63) is 0 Å². The molecule has 2 aliphatic rings. The first-order chi connectivity index (χ1) is 8.08. The number of hydrogen-bond acceptors (Lipinski definition) is 3. The highest BCUT2D eigenvalue weighted by Gasteiger charge is 2.33. The van der Waals surface area contributed by atoms with Crippen molar-refractivity contribution in [2.75, 3.05) is 33.7 Å². The van der Waals surface area contributed by atoms with E-state index in [1.54, 1.807) is 0 Å². The Labute approximate surface area is 102 Å². The summed E-state index contributed by atoms with van der Waals surface area (Å²) >= 11 is 0. The zero-order chi connectivity index (χ0) is 12.4. The normalized spacial score (nSPS) is 26.9. The Kier molecular flexibility index (Phi) is 3.66. The number of carbonyl (C=O) groups excluding carboxylic acids is 2. The Morgan fingerprint density at radius 1 is 1.41 bits per heavy atom. The van der Waals surface area contributed by atoms with Gasteiger partial charge in [0.1, 0.15) is 0 Å². The molecule has 1 unspecified atom stereocenters. The van der Waals surface area contributed by atoms with Crippen molar-refractivity contribution in [3.63, 3.8) is 0 Å². The quantitative estimate of drug-likeness (QED) is 0.718. The topological polar surface area (TPSA) is 52.6 Å². The van der Waals surface area contributed by atoms with E-state index in [0.717, 1.165) is 25.9 Å². The molecule has 2 rings (SSSR count). The molecule has 2 amide bonds. The van der Waals surface area contributed by atoms with Crippen LogP contribution in [0.1, 0.15) is 19.3 Å². The van der Waals surface area contributed by atoms with E-state index < -0.39 is 0 Å². The van der Waals surface area contributed by atoms with Crippen molar-refractivity contribution in [1.82, 2.24) is 15.1 Å². The summed E-state index contributed by atoms with van der Waals surface area (Å²) in [6.45, 7) is 2.60. The maximum atomic E-state index is 12.2. The van der Waals surface area contributed by atoms with Crippen molar-refractivity contribution in [2.45, 2.75) is 25.3 Å². The minimum Gasteiger partial charge on any atom is -0.355 e. The first-order valence-electron chi connectivity index (χ1n) is 6.30. The summed E-state index contributed by atoms with van der Waals surface area (Å²) in [4.78, 5) is 27.4. The van der Waals surface area contributed by atoms with E-state index in [9.17, 15) is 9.59 Å². The lowest BCUT2D eigenvalue weighted by Crippen LogP contribution is -2.46. The van der Waals surface area contributed by atoms with Crippen molar-refractivity contribution in [2.24, 2.45) is 5.92 Å².